The predicted molar refractivity (Wildman–Crippen MR) is 135 cm³/mol. The van der Waals surface area contributed by atoms with Crippen LogP contribution in [0.1, 0.15) is 0 Å². The second kappa shape index (κ2) is 8.22. The molecule has 4 heterocycles. The van der Waals surface area contributed by atoms with Crippen molar-refractivity contribution < 1.29 is 10.0 Å². The first-order valence-corrected chi connectivity index (χ1v) is 10.9. The zero-order valence-corrected chi connectivity index (χ0v) is 18.1. The highest BCUT2D eigenvalue weighted by atomic mass is 16.4. The molecule has 0 aliphatic rings. The normalized spacial score (nSPS) is 11.2. The van der Waals surface area contributed by atoms with Gasteiger partial charge in [0.2, 0.25) is 0 Å². The standard InChI is InChI=1S/C27H19BN4O2/c33-28(34)18-11-12-27-21(15-18)20-7-1-2-10-26(20)32(27)19-16-24(22-8-3-5-13-29-22)31-25(17-19)23-9-4-6-14-30-23/h1-17,33-34H. The molecule has 0 aliphatic heterocycles. The molecule has 2 aromatic carbocycles. The third-order valence-corrected chi connectivity index (χ3v) is 5.92. The van der Waals surface area contributed by atoms with E-state index in [9.17, 15) is 10.0 Å². The molecule has 0 fully saturated rings. The number of benzene rings is 2. The minimum Gasteiger partial charge on any atom is -0.423 e. The minimum atomic E-state index is -1.53. The minimum absolute atomic E-state index is 0.452. The van der Waals surface area contributed by atoms with E-state index < -0.39 is 7.12 Å². The third kappa shape index (κ3) is 3.44. The van der Waals surface area contributed by atoms with Crippen molar-refractivity contribution in [2.75, 3.05) is 0 Å². The Morgan fingerprint density at radius 1 is 0.588 bits per heavy atom. The molecule has 7 heteroatoms. The molecule has 2 N–H and O–H groups in total. The van der Waals surface area contributed by atoms with Gasteiger partial charge in [-0.2, -0.15) is 0 Å². The quantitative estimate of drug-likeness (QED) is 0.404. The second-order valence-electron chi connectivity index (χ2n) is 8.03. The highest BCUT2D eigenvalue weighted by molar-refractivity contribution is 6.59. The van der Waals surface area contributed by atoms with Gasteiger partial charge in [-0.3, -0.25) is 9.97 Å². The molecule has 0 saturated heterocycles. The molecule has 0 saturated carbocycles. The molecule has 162 valence electrons. The Balaban J connectivity index is 1.68. The molecule has 4 aromatic heterocycles. The fraction of sp³-hybridized carbons (Fsp3) is 0. The van der Waals surface area contributed by atoms with Crippen LogP contribution in [0.2, 0.25) is 0 Å². The van der Waals surface area contributed by atoms with Crippen molar-refractivity contribution in [2.24, 2.45) is 0 Å². The molecule has 0 spiro atoms. The van der Waals surface area contributed by atoms with Gasteiger partial charge in [-0.25, -0.2) is 4.98 Å². The summed E-state index contributed by atoms with van der Waals surface area (Å²) in [5, 5.41) is 21.4. The van der Waals surface area contributed by atoms with E-state index in [1.165, 1.54) is 0 Å². The van der Waals surface area contributed by atoms with Crippen molar-refractivity contribution in [1.29, 1.82) is 0 Å². The van der Waals surface area contributed by atoms with E-state index >= 15 is 0 Å². The van der Waals surface area contributed by atoms with Crippen LogP contribution in [0.25, 0.3) is 50.3 Å². The van der Waals surface area contributed by atoms with Gasteiger partial charge in [-0.05, 0) is 54.0 Å². The Bertz CT molecular complexity index is 1580. The summed E-state index contributed by atoms with van der Waals surface area (Å²) in [5.41, 5.74) is 6.36. The van der Waals surface area contributed by atoms with Crippen LogP contribution in [0.5, 0.6) is 0 Å². The zero-order valence-electron chi connectivity index (χ0n) is 18.1. The lowest BCUT2D eigenvalue weighted by atomic mass is 9.80. The van der Waals surface area contributed by atoms with Gasteiger partial charge in [-0.1, -0.05) is 42.5 Å². The third-order valence-electron chi connectivity index (χ3n) is 5.92. The lowest BCUT2D eigenvalue weighted by Gasteiger charge is -2.12. The summed E-state index contributed by atoms with van der Waals surface area (Å²) >= 11 is 0. The van der Waals surface area contributed by atoms with Crippen molar-refractivity contribution in [2.45, 2.75) is 0 Å². The van der Waals surface area contributed by atoms with E-state index in [2.05, 4.69) is 20.6 Å². The Morgan fingerprint density at radius 2 is 1.21 bits per heavy atom. The molecule has 6 rings (SSSR count). The van der Waals surface area contributed by atoms with Crippen LogP contribution in [0.4, 0.5) is 0 Å². The van der Waals surface area contributed by atoms with Gasteiger partial charge >= 0.3 is 7.12 Å². The number of para-hydroxylation sites is 1. The fourth-order valence-electron chi connectivity index (χ4n) is 4.37. The summed E-state index contributed by atoms with van der Waals surface area (Å²) in [6.45, 7) is 0. The van der Waals surface area contributed by atoms with E-state index in [1.807, 2.05) is 78.9 Å². The average molecular weight is 442 g/mol. The van der Waals surface area contributed by atoms with Crippen LogP contribution in [-0.2, 0) is 0 Å². The molecule has 0 radical (unpaired) electrons. The molecule has 0 unspecified atom stereocenters. The van der Waals surface area contributed by atoms with Crippen LogP contribution in [0.15, 0.2) is 103 Å². The summed E-state index contributed by atoms with van der Waals surface area (Å²) < 4.78 is 2.17. The monoisotopic (exact) mass is 442 g/mol. The number of hydrogen-bond donors (Lipinski definition) is 2. The summed E-state index contributed by atoms with van der Waals surface area (Å²) in [4.78, 5) is 13.9. The van der Waals surface area contributed by atoms with Gasteiger partial charge in [0.25, 0.3) is 0 Å². The lowest BCUT2D eigenvalue weighted by molar-refractivity contribution is 0.426. The Morgan fingerprint density at radius 3 is 1.82 bits per heavy atom. The van der Waals surface area contributed by atoms with E-state index in [0.29, 0.717) is 5.46 Å². The van der Waals surface area contributed by atoms with E-state index in [1.54, 1.807) is 18.5 Å². The van der Waals surface area contributed by atoms with Crippen LogP contribution < -0.4 is 5.46 Å². The Labute approximate surface area is 196 Å². The maximum atomic E-state index is 9.73. The number of pyridine rings is 3. The van der Waals surface area contributed by atoms with Gasteiger partial charge in [-0.15, -0.1) is 0 Å². The smallest absolute Gasteiger partial charge is 0.423 e. The van der Waals surface area contributed by atoms with Crippen molar-refractivity contribution in [3.8, 4) is 28.5 Å². The molecule has 34 heavy (non-hydrogen) atoms. The maximum absolute atomic E-state index is 9.73. The zero-order chi connectivity index (χ0) is 23.1. The Kier molecular flexibility index (Phi) is 4.91. The first-order valence-electron chi connectivity index (χ1n) is 10.9. The highest BCUT2D eigenvalue weighted by Crippen LogP contribution is 2.33. The van der Waals surface area contributed by atoms with E-state index in [0.717, 1.165) is 50.3 Å². The lowest BCUT2D eigenvalue weighted by Crippen LogP contribution is -2.29. The van der Waals surface area contributed by atoms with Crippen molar-refractivity contribution in [3.63, 3.8) is 0 Å². The van der Waals surface area contributed by atoms with Gasteiger partial charge in [0.05, 0.1) is 39.5 Å². The van der Waals surface area contributed by atoms with Gasteiger partial charge < -0.3 is 14.6 Å². The van der Waals surface area contributed by atoms with Crippen LogP contribution >= 0.6 is 0 Å². The summed E-state index contributed by atoms with van der Waals surface area (Å²) in [7, 11) is -1.53. The molecule has 0 bridgehead atoms. The molecule has 6 aromatic rings. The van der Waals surface area contributed by atoms with Crippen molar-refractivity contribution in [3.05, 3.63) is 103 Å². The summed E-state index contributed by atoms with van der Waals surface area (Å²) in [6.07, 6.45) is 3.51. The molecule has 0 aliphatic carbocycles. The number of aromatic nitrogens is 4. The fourth-order valence-corrected chi connectivity index (χ4v) is 4.37. The molecular formula is C27H19BN4O2. The number of hydrogen-bond acceptors (Lipinski definition) is 5. The van der Waals surface area contributed by atoms with E-state index in [4.69, 9.17) is 4.98 Å². The molecule has 0 amide bonds. The highest BCUT2D eigenvalue weighted by Gasteiger charge is 2.18. The van der Waals surface area contributed by atoms with Crippen LogP contribution in [0.3, 0.4) is 0 Å². The van der Waals surface area contributed by atoms with Crippen LogP contribution in [0, 0.1) is 0 Å². The number of nitrogens with zero attached hydrogens (tertiary/aromatic N) is 4. The van der Waals surface area contributed by atoms with Gasteiger partial charge in [0.1, 0.15) is 0 Å². The SMILES string of the molecule is OB(O)c1ccc2c(c1)c1ccccc1n2-c1cc(-c2ccccn2)nc(-c2ccccn2)c1. The molecule has 6 nitrogen and oxygen atoms in total. The summed E-state index contributed by atoms with van der Waals surface area (Å²) in [5.74, 6) is 0. The van der Waals surface area contributed by atoms with Crippen molar-refractivity contribution >= 4 is 34.4 Å². The van der Waals surface area contributed by atoms with Crippen molar-refractivity contribution in [1.82, 2.24) is 19.5 Å². The Hall–Kier alpha value is -4.33. The maximum Gasteiger partial charge on any atom is 0.488 e. The van der Waals surface area contributed by atoms with Crippen LogP contribution in [-0.4, -0.2) is 36.7 Å². The largest absolute Gasteiger partial charge is 0.488 e. The second-order valence-corrected chi connectivity index (χ2v) is 8.03. The number of fused-ring (bicyclic) bond motifs is 3. The summed E-state index contributed by atoms with van der Waals surface area (Å²) in [6, 6.07) is 29.2. The first-order chi connectivity index (χ1) is 16.7. The first kappa shape index (κ1) is 20.3. The van der Waals surface area contributed by atoms with Gasteiger partial charge in [0.15, 0.2) is 0 Å². The molecular weight excluding hydrogens is 423 g/mol. The van der Waals surface area contributed by atoms with Gasteiger partial charge in [0, 0.05) is 23.2 Å². The molecule has 0 atom stereocenters. The topological polar surface area (TPSA) is 84.1 Å². The average Bonchev–Trinajstić information content (AvgIpc) is 3.23. The number of rotatable bonds is 4. The predicted octanol–water partition coefficient (Wildman–Crippen LogP) is 3.98. The van der Waals surface area contributed by atoms with E-state index in [-0.39, 0.29) is 0 Å².